The van der Waals surface area contributed by atoms with Gasteiger partial charge in [-0.05, 0) is 12.5 Å². The number of thiophene rings is 1. The van der Waals surface area contributed by atoms with E-state index in [4.69, 9.17) is 11.6 Å². The van der Waals surface area contributed by atoms with Crippen molar-refractivity contribution in [2.24, 2.45) is 0 Å². The first kappa shape index (κ1) is 11.4. The van der Waals surface area contributed by atoms with Crippen molar-refractivity contribution < 1.29 is 0 Å². The molecule has 0 aliphatic rings. The van der Waals surface area contributed by atoms with Crippen LogP contribution in [0.2, 0.25) is 5.15 Å². The van der Waals surface area contributed by atoms with Crippen molar-refractivity contribution >= 4 is 39.1 Å². The molecule has 2 rings (SSSR count). The summed E-state index contributed by atoms with van der Waals surface area (Å²) in [6.45, 7) is 6.38. The Morgan fingerprint density at radius 2 is 2.38 bits per heavy atom. The van der Waals surface area contributed by atoms with E-state index < -0.39 is 0 Å². The van der Waals surface area contributed by atoms with E-state index in [1.807, 2.05) is 0 Å². The van der Waals surface area contributed by atoms with Gasteiger partial charge in [-0.2, -0.15) is 0 Å². The first-order valence-corrected chi connectivity index (χ1v) is 6.24. The number of anilines is 1. The van der Waals surface area contributed by atoms with E-state index in [0.29, 0.717) is 17.6 Å². The van der Waals surface area contributed by atoms with Crippen LogP contribution in [0, 0.1) is 0 Å². The van der Waals surface area contributed by atoms with Crippen LogP contribution in [0.4, 0.5) is 5.95 Å². The van der Waals surface area contributed by atoms with E-state index in [0.717, 1.165) is 16.6 Å². The molecule has 0 bridgehead atoms. The lowest BCUT2D eigenvalue weighted by Gasteiger charge is -2.01. The number of halogens is 1. The van der Waals surface area contributed by atoms with Crippen molar-refractivity contribution in [2.75, 3.05) is 11.9 Å². The predicted octanol–water partition coefficient (Wildman–Crippen LogP) is 3.51. The van der Waals surface area contributed by atoms with Crippen molar-refractivity contribution in [3.63, 3.8) is 0 Å². The molecule has 0 radical (unpaired) electrons. The summed E-state index contributed by atoms with van der Waals surface area (Å²) in [7, 11) is 0. The van der Waals surface area contributed by atoms with Gasteiger partial charge in [-0.3, -0.25) is 0 Å². The number of aromatic nitrogens is 2. The zero-order valence-corrected chi connectivity index (χ0v) is 10.5. The van der Waals surface area contributed by atoms with Gasteiger partial charge >= 0.3 is 0 Å². The molecule has 0 aromatic carbocycles. The van der Waals surface area contributed by atoms with Crippen LogP contribution >= 0.6 is 22.9 Å². The lowest BCUT2D eigenvalue weighted by molar-refractivity contribution is 1.16. The second-order valence-corrected chi connectivity index (χ2v) is 4.77. The van der Waals surface area contributed by atoms with Gasteiger partial charge in [-0.25, -0.2) is 9.97 Å². The van der Waals surface area contributed by atoms with Crippen LogP contribution in [0.1, 0.15) is 11.8 Å². The molecule has 2 heterocycles. The number of aryl methyl sites for hydroxylation is 1. The molecule has 0 spiro atoms. The van der Waals surface area contributed by atoms with Crippen molar-refractivity contribution in [2.45, 2.75) is 13.3 Å². The summed E-state index contributed by atoms with van der Waals surface area (Å²) in [5, 5.41) is 4.48. The van der Waals surface area contributed by atoms with Crippen LogP contribution in [0.3, 0.4) is 0 Å². The monoisotopic (exact) mass is 253 g/mol. The van der Waals surface area contributed by atoms with Gasteiger partial charge in [-0.1, -0.05) is 24.6 Å². The van der Waals surface area contributed by atoms with Crippen LogP contribution in [-0.2, 0) is 6.42 Å². The smallest absolute Gasteiger partial charge is 0.225 e. The second-order valence-electron chi connectivity index (χ2n) is 3.29. The molecule has 2 aromatic rings. The first-order chi connectivity index (χ1) is 7.74. The van der Waals surface area contributed by atoms with E-state index in [1.165, 1.54) is 4.88 Å². The molecule has 0 aliphatic heterocycles. The minimum atomic E-state index is 0.507. The fraction of sp³-hybridized carbons (Fsp3) is 0.273. The number of nitrogens with one attached hydrogen (secondary N) is 1. The van der Waals surface area contributed by atoms with Crippen LogP contribution < -0.4 is 5.32 Å². The molecule has 0 aliphatic carbocycles. The molecule has 84 valence electrons. The highest BCUT2D eigenvalue weighted by Gasteiger charge is 2.09. The molecule has 16 heavy (non-hydrogen) atoms. The normalized spacial score (nSPS) is 10.6. The molecule has 0 atom stereocenters. The maximum absolute atomic E-state index is 6.10. The highest BCUT2D eigenvalue weighted by molar-refractivity contribution is 7.18. The van der Waals surface area contributed by atoms with Gasteiger partial charge < -0.3 is 5.32 Å². The Bertz CT molecular complexity index is 521. The van der Waals surface area contributed by atoms with Crippen LogP contribution in [0.15, 0.2) is 18.7 Å². The standard InChI is InChI=1S/C11H12ClN3S/c1-3-5-13-11-14-9(12)8-6-7(4-2)16-10(8)15-11/h3,6H,1,4-5H2,2H3,(H,13,14,15). The predicted molar refractivity (Wildman–Crippen MR) is 70.5 cm³/mol. The molecule has 0 fully saturated rings. The fourth-order valence-corrected chi connectivity index (χ4v) is 2.60. The first-order valence-electron chi connectivity index (χ1n) is 5.05. The van der Waals surface area contributed by atoms with E-state index in [1.54, 1.807) is 17.4 Å². The average Bonchev–Trinajstić information content (AvgIpc) is 2.70. The number of rotatable bonds is 4. The Labute approximate surface area is 103 Å². The molecule has 5 heteroatoms. The molecule has 3 nitrogen and oxygen atoms in total. The minimum Gasteiger partial charge on any atom is -0.351 e. The van der Waals surface area contributed by atoms with Gasteiger partial charge in [-0.15, -0.1) is 17.9 Å². The van der Waals surface area contributed by atoms with Gasteiger partial charge in [0, 0.05) is 16.8 Å². The van der Waals surface area contributed by atoms with Gasteiger partial charge in [0.15, 0.2) is 0 Å². The Hall–Kier alpha value is -1.13. The zero-order chi connectivity index (χ0) is 11.5. The number of nitrogens with zero attached hydrogens (tertiary/aromatic N) is 2. The lowest BCUT2D eigenvalue weighted by atomic mass is 10.3. The molecule has 0 amide bonds. The van der Waals surface area contributed by atoms with Crippen LogP contribution in [-0.4, -0.2) is 16.5 Å². The summed E-state index contributed by atoms with van der Waals surface area (Å²) in [4.78, 5) is 10.8. The highest BCUT2D eigenvalue weighted by Crippen LogP contribution is 2.29. The van der Waals surface area contributed by atoms with Crippen molar-refractivity contribution in [3.05, 3.63) is 28.8 Å². The lowest BCUT2D eigenvalue weighted by Crippen LogP contribution is -2.02. The maximum Gasteiger partial charge on any atom is 0.225 e. The van der Waals surface area contributed by atoms with Crippen molar-refractivity contribution in [3.8, 4) is 0 Å². The fourth-order valence-electron chi connectivity index (χ4n) is 1.35. The third-order valence-electron chi connectivity index (χ3n) is 2.15. The van der Waals surface area contributed by atoms with Crippen molar-refractivity contribution in [1.29, 1.82) is 0 Å². The summed E-state index contributed by atoms with van der Waals surface area (Å²) in [6.07, 6.45) is 2.75. The summed E-state index contributed by atoms with van der Waals surface area (Å²) >= 11 is 7.76. The number of fused-ring (bicyclic) bond motifs is 1. The molecule has 0 saturated heterocycles. The largest absolute Gasteiger partial charge is 0.351 e. The third kappa shape index (κ3) is 2.18. The SMILES string of the molecule is C=CCNc1nc(Cl)c2cc(CC)sc2n1. The Balaban J connectivity index is 2.44. The number of hydrogen-bond acceptors (Lipinski definition) is 4. The van der Waals surface area contributed by atoms with Crippen LogP contribution in [0.5, 0.6) is 0 Å². The molecule has 2 aromatic heterocycles. The topological polar surface area (TPSA) is 37.8 Å². The molecule has 0 saturated carbocycles. The second kappa shape index (κ2) is 4.80. The van der Waals surface area contributed by atoms with Crippen molar-refractivity contribution in [1.82, 2.24) is 9.97 Å². The summed E-state index contributed by atoms with van der Waals surface area (Å²) in [5.74, 6) is 0.557. The maximum atomic E-state index is 6.10. The quantitative estimate of drug-likeness (QED) is 0.669. The van der Waals surface area contributed by atoms with E-state index in [2.05, 4.69) is 34.9 Å². The van der Waals surface area contributed by atoms with E-state index >= 15 is 0 Å². The van der Waals surface area contributed by atoms with E-state index in [9.17, 15) is 0 Å². The molecule has 1 N–H and O–H groups in total. The minimum absolute atomic E-state index is 0.507. The summed E-state index contributed by atoms with van der Waals surface area (Å²) in [5.41, 5.74) is 0. The highest BCUT2D eigenvalue weighted by atomic mass is 35.5. The van der Waals surface area contributed by atoms with Gasteiger partial charge in [0.2, 0.25) is 5.95 Å². The van der Waals surface area contributed by atoms with Gasteiger partial charge in [0.25, 0.3) is 0 Å². The zero-order valence-electron chi connectivity index (χ0n) is 8.96. The average molecular weight is 254 g/mol. The van der Waals surface area contributed by atoms with E-state index in [-0.39, 0.29) is 0 Å². The summed E-state index contributed by atoms with van der Waals surface area (Å²) < 4.78 is 0. The third-order valence-corrected chi connectivity index (χ3v) is 3.61. The number of hydrogen-bond donors (Lipinski definition) is 1. The Kier molecular flexibility index (Phi) is 3.41. The molecular formula is C11H12ClN3S. The van der Waals surface area contributed by atoms with Gasteiger partial charge in [0.1, 0.15) is 9.98 Å². The van der Waals surface area contributed by atoms with Crippen LogP contribution in [0.25, 0.3) is 10.2 Å². The Morgan fingerprint density at radius 3 is 3.06 bits per heavy atom. The molecular weight excluding hydrogens is 242 g/mol. The van der Waals surface area contributed by atoms with Gasteiger partial charge in [0.05, 0.1) is 0 Å². The summed E-state index contributed by atoms with van der Waals surface area (Å²) in [6, 6.07) is 2.06. The Morgan fingerprint density at radius 1 is 1.56 bits per heavy atom. The molecule has 0 unspecified atom stereocenters.